The Morgan fingerprint density at radius 1 is 1.35 bits per heavy atom. The van der Waals surface area contributed by atoms with Crippen molar-refractivity contribution in [2.24, 2.45) is 7.05 Å². The number of carbonyl (C=O) groups excluding carboxylic acids is 1. The molecule has 1 aliphatic carbocycles. The Kier molecular flexibility index (Phi) is 7.40. The third-order valence-corrected chi connectivity index (χ3v) is 4.22. The van der Waals surface area contributed by atoms with Crippen LogP contribution < -0.4 is 5.32 Å². The molecule has 2 aromatic rings. The summed E-state index contributed by atoms with van der Waals surface area (Å²) in [6.07, 6.45) is 10.4. The van der Waals surface area contributed by atoms with Crippen LogP contribution in [-0.2, 0) is 7.05 Å². The maximum absolute atomic E-state index is 12.4. The van der Waals surface area contributed by atoms with Crippen molar-refractivity contribution >= 4 is 17.5 Å². The van der Waals surface area contributed by atoms with Crippen molar-refractivity contribution in [2.45, 2.75) is 44.8 Å². The molecule has 0 bridgehead atoms. The highest BCUT2D eigenvalue weighted by molar-refractivity contribution is 6.33. The lowest BCUT2D eigenvalue weighted by atomic mass is 9.95. The van der Waals surface area contributed by atoms with Crippen molar-refractivity contribution in [3.63, 3.8) is 0 Å². The summed E-state index contributed by atoms with van der Waals surface area (Å²) in [4.78, 5) is 25.0. The molecular weight excluding hydrogens is 368 g/mol. The smallest absolute Gasteiger partial charge is 0.342 e. The molecule has 2 N–H and O–H groups in total. The van der Waals surface area contributed by atoms with E-state index in [1.165, 1.54) is 12.6 Å². The molecule has 0 atom stereocenters. The zero-order valence-electron chi connectivity index (χ0n) is 14.2. The standard InChI is InChI=1S/C15H18ClN5O.CH2F2O/c1-21-9-17-8-12(21)14-18-7-11(16)13(20-14)15(22)19-10-5-3-2-4-6-10;2-1(3)4/h7-10H,2-6H2,1H3,(H,19,22);1,4H. The van der Waals surface area contributed by atoms with Gasteiger partial charge in [0.1, 0.15) is 5.69 Å². The van der Waals surface area contributed by atoms with Gasteiger partial charge < -0.3 is 15.0 Å². The molecule has 1 amide bonds. The van der Waals surface area contributed by atoms with Gasteiger partial charge >= 0.3 is 6.61 Å². The predicted molar refractivity (Wildman–Crippen MR) is 91.8 cm³/mol. The number of rotatable bonds is 3. The van der Waals surface area contributed by atoms with Gasteiger partial charge in [-0.3, -0.25) is 4.79 Å². The van der Waals surface area contributed by atoms with Crippen molar-refractivity contribution in [1.82, 2.24) is 24.8 Å². The average Bonchev–Trinajstić information content (AvgIpc) is 3.02. The van der Waals surface area contributed by atoms with Gasteiger partial charge in [0.2, 0.25) is 0 Å². The number of aromatic nitrogens is 4. The van der Waals surface area contributed by atoms with Crippen LogP contribution >= 0.6 is 11.6 Å². The topological polar surface area (TPSA) is 92.9 Å². The fourth-order valence-electron chi connectivity index (χ4n) is 2.72. The highest BCUT2D eigenvalue weighted by atomic mass is 35.5. The Balaban J connectivity index is 0.000000552. The van der Waals surface area contributed by atoms with Gasteiger partial charge in [0.05, 0.1) is 23.7 Å². The monoisotopic (exact) mass is 387 g/mol. The van der Waals surface area contributed by atoms with Crippen LogP contribution in [0, 0.1) is 0 Å². The SMILES string of the molecule is Cn1cncc1-c1ncc(Cl)c(C(=O)NC2CCCCC2)n1.OC(F)F. The molecule has 2 aromatic heterocycles. The number of alkyl halides is 2. The lowest BCUT2D eigenvalue weighted by Crippen LogP contribution is -2.36. The summed E-state index contributed by atoms with van der Waals surface area (Å²) in [5.74, 6) is 0.209. The number of aryl methyl sites for hydroxylation is 1. The number of aliphatic hydroxyl groups excluding tert-OH is 1. The first-order valence-electron chi connectivity index (χ1n) is 8.14. The van der Waals surface area contributed by atoms with Crippen LogP contribution in [0.5, 0.6) is 0 Å². The van der Waals surface area contributed by atoms with E-state index in [-0.39, 0.29) is 22.7 Å². The van der Waals surface area contributed by atoms with Gasteiger partial charge in [0, 0.05) is 13.1 Å². The van der Waals surface area contributed by atoms with Crippen molar-refractivity contribution in [3.8, 4) is 11.5 Å². The second-order valence-corrected chi connectivity index (χ2v) is 6.27. The lowest BCUT2D eigenvalue weighted by molar-refractivity contribution is -0.0728. The van der Waals surface area contributed by atoms with Crippen LogP contribution in [0.3, 0.4) is 0 Å². The Labute approximate surface area is 154 Å². The molecular formula is C16H20ClF2N5O2. The molecule has 3 rings (SSSR count). The molecule has 0 aromatic carbocycles. The average molecular weight is 388 g/mol. The van der Waals surface area contributed by atoms with E-state index < -0.39 is 6.61 Å². The fraction of sp³-hybridized carbons (Fsp3) is 0.500. The number of nitrogens with one attached hydrogen (secondary N) is 1. The van der Waals surface area contributed by atoms with Crippen LogP contribution in [0.4, 0.5) is 8.78 Å². The number of hydrogen-bond donors (Lipinski definition) is 2. The lowest BCUT2D eigenvalue weighted by Gasteiger charge is -2.22. The quantitative estimate of drug-likeness (QED) is 0.844. The number of hydrogen-bond acceptors (Lipinski definition) is 5. The maximum atomic E-state index is 12.4. The summed E-state index contributed by atoms with van der Waals surface area (Å²) < 4.78 is 21.6. The molecule has 7 nitrogen and oxygen atoms in total. The molecule has 2 heterocycles. The molecule has 142 valence electrons. The number of aliphatic hydroxyl groups is 1. The normalized spacial score (nSPS) is 14.7. The van der Waals surface area contributed by atoms with Gasteiger partial charge in [-0.15, -0.1) is 0 Å². The zero-order chi connectivity index (χ0) is 19.1. The van der Waals surface area contributed by atoms with Crippen molar-refractivity contribution in [2.75, 3.05) is 0 Å². The van der Waals surface area contributed by atoms with Gasteiger partial charge in [0.15, 0.2) is 11.5 Å². The Morgan fingerprint density at radius 3 is 2.58 bits per heavy atom. The highest BCUT2D eigenvalue weighted by Crippen LogP contribution is 2.21. The third kappa shape index (κ3) is 5.70. The van der Waals surface area contributed by atoms with Gasteiger partial charge in [0.25, 0.3) is 5.91 Å². The third-order valence-electron chi connectivity index (χ3n) is 3.95. The number of nitrogens with zero attached hydrogens (tertiary/aromatic N) is 4. The molecule has 0 unspecified atom stereocenters. The summed E-state index contributed by atoms with van der Waals surface area (Å²) in [6.45, 7) is -3.17. The number of imidazole rings is 1. The van der Waals surface area contributed by atoms with E-state index in [0.29, 0.717) is 5.82 Å². The van der Waals surface area contributed by atoms with Crippen LogP contribution in [0.2, 0.25) is 5.02 Å². The van der Waals surface area contributed by atoms with Gasteiger partial charge in [-0.2, -0.15) is 8.78 Å². The van der Waals surface area contributed by atoms with E-state index >= 15 is 0 Å². The van der Waals surface area contributed by atoms with Crippen molar-refractivity contribution in [1.29, 1.82) is 0 Å². The molecule has 10 heteroatoms. The molecule has 1 aliphatic rings. The first-order chi connectivity index (χ1) is 12.4. The van der Waals surface area contributed by atoms with E-state index in [0.717, 1.165) is 31.4 Å². The summed E-state index contributed by atoms with van der Waals surface area (Å²) in [7, 11) is 1.85. The Bertz CT molecular complexity index is 732. The highest BCUT2D eigenvalue weighted by Gasteiger charge is 2.20. The summed E-state index contributed by atoms with van der Waals surface area (Å²) in [5, 5.41) is 10.0. The van der Waals surface area contributed by atoms with E-state index in [4.69, 9.17) is 16.7 Å². The first kappa shape index (κ1) is 20.2. The van der Waals surface area contributed by atoms with E-state index in [1.807, 2.05) is 7.05 Å². The molecule has 0 aliphatic heterocycles. The van der Waals surface area contributed by atoms with E-state index in [9.17, 15) is 13.6 Å². The second-order valence-electron chi connectivity index (χ2n) is 5.87. The second kappa shape index (κ2) is 9.54. The van der Waals surface area contributed by atoms with Crippen LogP contribution in [0.1, 0.15) is 42.6 Å². The van der Waals surface area contributed by atoms with Crippen molar-refractivity contribution < 1.29 is 18.7 Å². The molecule has 0 radical (unpaired) electrons. The van der Waals surface area contributed by atoms with Gasteiger partial charge in [-0.05, 0) is 12.8 Å². The molecule has 1 fully saturated rings. The Morgan fingerprint density at radius 2 is 2.00 bits per heavy atom. The number of carbonyl (C=O) groups is 1. The predicted octanol–water partition coefficient (Wildman–Crippen LogP) is 2.79. The zero-order valence-corrected chi connectivity index (χ0v) is 15.0. The van der Waals surface area contributed by atoms with Gasteiger partial charge in [-0.1, -0.05) is 30.9 Å². The van der Waals surface area contributed by atoms with Crippen LogP contribution in [0.15, 0.2) is 18.7 Å². The van der Waals surface area contributed by atoms with Crippen LogP contribution in [-0.4, -0.2) is 43.2 Å². The van der Waals surface area contributed by atoms with Gasteiger partial charge in [-0.25, -0.2) is 15.0 Å². The van der Waals surface area contributed by atoms with Crippen molar-refractivity contribution in [3.05, 3.63) is 29.4 Å². The fourth-order valence-corrected chi connectivity index (χ4v) is 2.90. The summed E-state index contributed by atoms with van der Waals surface area (Å²) >= 11 is 6.10. The first-order valence-corrected chi connectivity index (χ1v) is 8.52. The molecule has 0 spiro atoms. The van der Waals surface area contributed by atoms with Crippen LogP contribution in [0.25, 0.3) is 11.5 Å². The molecule has 1 saturated carbocycles. The maximum Gasteiger partial charge on any atom is 0.342 e. The minimum atomic E-state index is -3.17. The minimum Gasteiger partial charge on any atom is -0.348 e. The Hall–Kier alpha value is -2.13. The molecule has 26 heavy (non-hydrogen) atoms. The van der Waals surface area contributed by atoms with E-state index in [2.05, 4.69) is 20.3 Å². The summed E-state index contributed by atoms with van der Waals surface area (Å²) in [6, 6.07) is 0.215. The number of amides is 1. The largest absolute Gasteiger partial charge is 0.348 e. The van der Waals surface area contributed by atoms with E-state index in [1.54, 1.807) is 17.1 Å². The summed E-state index contributed by atoms with van der Waals surface area (Å²) in [5.41, 5.74) is 0.960. The minimum absolute atomic E-state index is 0.215. The number of halogens is 3. The molecule has 0 saturated heterocycles.